The topological polar surface area (TPSA) is 296 Å². The van der Waals surface area contributed by atoms with Crippen molar-refractivity contribution in [1.29, 1.82) is 0 Å². The molecule has 0 bridgehead atoms. The van der Waals surface area contributed by atoms with E-state index in [9.17, 15) is 58.8 Å². The third-order valence-electron chi connectivity index (χ3n) is 21.0. The lowest BCUT2D eigenvalue weighted by Crippen LogP contribution is -2.08. The van der Waals surface area contributed by atoms with Gasteiger partial charge in [-0.15, -0.1) is 45.3 Å². The second-order valence-corrected chi connectivity index (χ2v) is 32.3. The van der Waals surface area contributed by atoms with Crippen LogP contribution in [-0.4, -0.2) is 77.4 Å². The van der Waals surface area contributed by atoms with Crippen LogP contribution < -0.4 is 0 Å². The van der Waals surface area contributed by atoms with E-state index in [2.05, 4.69) is 9.97 Å². The van der Waals surface area contributed by atoms with Crippen LogP contribution in [0.1, 0.15) is 117 Å². The lowest BCUT2D eigenvalue weighted by atomic mass is 9.96. The van der Waals surface area contributed by atoms with E-state index in [1.165, 1.54) is 45.3 Å². The van der Waals surface area contributed by atoms with Gasteiger partial charge in [0.25, 0.3) is 11.8 Å². The molecule has 22 heteroatoms. The molecule has 0 aliphatic rings. The van der Waals surface area contributed by atoms with Gasteiger partial charge in [0.15, 0.2) is 22.7 Å². The van der Waals surface area contributed by atoms with Crippen molar-refractivity contribution in [3.63, 3.8) is 0 Å². The Morgan fingerprint density at radius 2 is 0.590 bits per heavy atom. The summed E-state index contributed by atoms with van der Waals surface area (Å²) in [6.45, 7) is 4.07. The number of Topliss-reactive ketones (excluding diaryl/α,β-unsaturated/α-hetero) is 4. The third kappa shape index (κ3) is 16.2. The molecule has 18 nitrogen and oxygen atoms in total. The van der Waals surface area contributed by atoms with Gasteiger partial charge in [-0.3, -0.25) is 19.2 Å². The SMILES string of the molecule is Cc1ccc(-c2scc(CC(=O)c3cc4ccccc4o3)c2C(=O)O)c2ccccc12.Cc1ccc(-c2scc(CC(=O)c3nc4ccccc4o3)c2C(=O)O)c2ccccc12.O=C(Cc1csc(-c2ccc3ccccc3c2)c1C(=O)O)c1cc2ccccc2o1.O=C(Cc1csc(-c2ccc3ccccc3c2)c1C(=O)O)c1nc2ccccc2o1. The molecule has 0 radical (unpaired) electrons. The zero-order valence-corrected chi connectivity index (χ0v) is 68.0. The number of aromatic nitrogens is 2. The van der Waals surface area contributed by atoms with Crippen LogP contribution in [-0.2, 0) is 25.7 Å². The molecule has 0 spiro atoms. The van der Waals surface area contributed by atoms with Gasteiger partial charge >= 0.3 is 23.9 Å². The number of nitrogens with zero attached hydrogens (tertiary/aromatic N) is 2. The molecule has 0 saturated carbocycles. The van der Waals surface area contributed by atoms with Gasteiger partial charge in [-0.1, -0.05) is 206 Å². The minimum Gasteiger partial charge on any atom is -0.478 e. The highest BCUT2D eigenvalue weighted by molar-refractivity contribution is 7.15. The zero-order chi connectivity index (χ0) is 84.4. The maximum atomic E-state index is 12.9. The van der Waals surface area contributed by atoms with E-state index in [1.807, 2.05) is 220 Å². The number of thiophene rings is 4. The highest BCUT2D eigenvalue weighted by Crippen LogP contribution is 2.43. The first-order valence-electron chi connectivity index (χ1n) is 38.4. The Balaban J connectivity index is 0.000000116. The molecule has 8 aromatic heterocycles. The van der Waals surface area contributed by atoms with Crippen molar-refractivity contribution in [3.05, 3.63) is 367 Å². The Hall–Kier alpha value is -14.9. The number of hydrogen-bond donors (Lipinski definition) is 4. The fraction of sp³-hybridized carbons (Fsp3) is 0.0600. The normalized spacial score (nSPS) is 11.2. The van der Waals surface area contributed by atoms with Crippen molar-refractivity contribution in [2.75, 3.05) is 0 Å². The summed E-state index contributed by atoms with van der Waals surface area (Å²) in [6, 6.07) is 83.9. The summed E-state index contributed by atoms with van der Waals surface area (Å²) in [4.78, 5) is 111. The van der Waals surface area contributed by atoms with Crippen LogP contribution in [0, 0.1) is 13.8 Å². The Kier molecular flexibility index (Phi) is 22.3. The molecule has 4 N–H and O–H groups in total. The molecule has 20 rings (SSSR count). The molecule has 8 heterocycles. The van der Waals surface area contributed by atoms with Crippen molar-refractivity contribution in [1.82, 2.24) is 9.97 Å². The van der Waals surface area contributed by atoms with E-state index in [4.69, 9.17) is 17.7 Å². The summed E-state index contributed by atoms with van der Waals surface area (Å²) in [5.41, 5.74) is 11.8. The molecule has 122 heavy (non-hydrogen) atoms. The maximum Gasteiger partial charge on any atom is 0.337 e. The van der Waals surface area contributed by atoms with Crippen LogP contribution in [0.3, 0.4) is 0 Å². The van der Waals surface area contributed by atoms with Crippen LogP contribution in [0.2, 0.25) is 0 Å². The summed E-state index contributed by atoms with van der Waals surface area (Å²) in [7, 11) is 0. The first kappa shape index (κ1) is 79.5. The fourth-order valence-corrected chi connectivity index (χ4v) is 19.4. The van der Waals surface area contributed by atoms with Crippen molar-refractivity contribution < 1.29 is 76.5 Å². The number of furan rings is 2. The molecule has 0 atom stereocenters. The Morgan fingerprint density at radius 1 is 0.287 bits per heavy atom. The highest BCUT2D eigenvalue weighted by Gasteiger charge is 2.30. The predicted molar refractivity (Wildman–Crippen MR) is 479 cm³/mol. The van der Waals surface area contributed by atoms with Crippen LogP contribution >= 0.6 is 45.3 Å². The number of rotatable bonds is 20. The monoisotopic (exact) mass is 1680 g/mol. The van der Waals surface area contributed by atoms with E-state index in [-0.39, 0.29) is 94.4 Å². The van der Waals surface area contributed by atoms with Gasteiger partial charge in [-0.2, -0.15) is 0 Å². The fourth-order valence-electron chi connectivity index (χ4n) is 15.0. The Bertz CT molecular complexity index is 7010. The highest BCUT2D eigenvalue weighted by atomic mass is 32.1. The van der Waals surface area contributed by atoms with Gasteiger partial charge in [0.1, 0.15) is 22.2 Å². The zero-order valence-electron chi connectivity index (χ0n) is 64.8. The summed E-state index contributed by atoms with van der Waals surface area (Å²) in [6.07, 6.45) is -0.222. The second kappa shape index (κ2) is 34.2. The van der Waals surface area contributed by atoms with Crippen LogP contribution in [0.4, 0.5) is 0 Å². The molecule has 596 valence electrons. The van der Waals surface area contributed by atoms with Crippen molar-refractivity contribution in [2.45, 2.75) is 39.5 Å². The number of hydrogen-bond acceptors (Lipinski definition) is 18. The molecule has 0 aliphatic carbocycles. The van der Waals surface area contributed by atoms with Crippen LogP contribution in [0.5, 0.6) is 0 Å². The number of ketones is 4. The van der Waals surface area contributed by atoms with Gasteiger partial charge in [0, 0.05) is 67.1 Å². The third-order valence-corrected chi connectivity index (χ3v) is 25.3. The molecule has 0 saturated heterocycles. The molecule has 0 aliphatic heterocycles. The van der Waals surface area contributed by atoms with Crippen molar-refractivity contribution >= 4 is 180 Å². The molecular weight excluding hydrogens is 1610 g/mol. The largest absolute Gasteiger partial charge is 0.478 e. The number of aryl methyl sites for hydroxylation is 2. The maximum absolute atomic E-state index is 12.9. The van der Waals surface area contributed by atoms with Gasteiger partial charge in [-0.25, -0.2) is 29.1 Å². The van der Waals surface area contributed by atoms with E-state index < -0.39 is 23.9 Å². The summed E-state index contributed by atoms with van der Waals surface area (Å²) >= 11 is 5.36. The minimum absolute atomic E-state index is 0.00826. The van der Waals surface area contributed by atoms with Gasteiger partial charge < -0.3 is 38.1 Å². The number of carbonyl (C=O) groups is 8. The van der Waals surface area contributed by atoms with Crippen LogP contribution in [0.25, 0.3) is 129 Å². The van der Waals surface area contributed by atoms with Crippen LogP contribution in [0.15, 0.2) is 306 Å². The Labute approximate surface area is 709 Å². The lowest BCUT2D eigenvalue weighted by Gasteiger charge is -2.09. The lowest BCUT2D eigenvalue weighted by molar-refractivity contribution is 0.0685. The molecule has 0 unspecified atom stereocenters. The Morgan fingerprint density at radius 3 is 0.951 bits per heavy atom. The summed E-state index contributed by atoms with van der Waals surface area (Å²) in [5, 5.41) is 56.8. The summed E-state index contributed by atoms with van der Waals surface area (Å²) in [5.74, 6) is -4.89. The number of para-hydroxylation sites is 6. The average Bonchev–Trinajstić information content (AvgIpc) is 1.53. The molecule has 0 amide bonds. The quantitative estimate of drug-likeness (QED) is 0.0516. The first-order chi connectivity index (χ1) is 59.2. The van der Waals surface area contributed by atoms with Crippen molar-refractivity contribution in [3.8, 4) is 41.8 Å². The number of oxazole rings is 2. The number of aromatic carboxylic acids is 4. The molecule has 12 aromatic carbocycles. The average molecular weight is 1680 g/mol. The first-order valence-corrected chi connectivity index (χ1v) is 41.9. The smallest absolute Gasteiger partial charge is 0.337 e. The van der Waals surface area contributed by atoms with E-state index in [0.29, 0.717) is 75.1 Å². The van der Waals surface area contributed by atoms with Gasteiger partial charge in [-0.05, 0) is 184 Å². The van der Waals surface area contributed by atoms with E-state index in [1.54, 1.807) is 82.2 Å². The number of fused-ring (bicyclic) bond motifs is 8. The van der Waals surface area contributed by atoms with Gasteiger partial charge in [0.2, 0.25) is 23.1 Å². The molecule has 20 aromatic rings. The van der Waals surface area contributed by atoms with E-state index >= 15 is 0 Å². The number of carboxylic acids is 4. The standard InChI is InChI=1S/C26H18O4S.C25H17NO4S.C25H16O4S.C24H15NO4S/c1-15-10-11-20(19-8-4-3-7-18(15)19)25-24(26(28)29)17(14-31-25)12-21(27)23-13-16-6-2-5-9-22(16)30-23;1-14-10-11-18(17-7-3-2-6-16(14)17)23-22(25(28)29)15(13-31-23)12-20(27)24-26-19-8-4-5-9-21(19)30-24;26-20(22-13-17-7-3-4-8-21(17)29-22)12-19-14-30-24(23(19)25(27)28)18-10-9-15-5-1-2-6-16(15)11-18;26-19(23-25-18-7-3-4-8-20(18)29-23)12-17-13-30-22(21(17)24(27)28)16-10-9-14-5-1-2-6-15(14)11-16/h2-11,13-14H,12H2,1H3,(H,28,29);2-11,13H,12H2,1H3,(H,28,29);1-11,13-14H,12H2,(H,27,28);1-11,13H,12H2,(H,27,28). The number of carbonyl (C=O) groups excluding carboxylic acids is 4. The van der Waals surface area contributed by atoms with Gasteiger partial charge in [0.05, 0.1) is 22.3 Å². The molecule has 0 fully saturated rings. The second-order valence-electron chi connectivity index (χ2n) is 28.8. The minimum atomic E-state index is -1.06. The van der Waals surface area contributed by atoms with Crippen molar-refractivity contribution in [2.24, 2.45) is 0 Å². The summed E-state index contributed by atoms with van der Waals surface area (Å²) < 4.78 is 22.4. The number of carboxylic acid groups (broad SMARTS) is 4. The predicted octanol–water partition coefficient (Wildman–Crippen LogP) is 25.2. The van der Waals surface area contributed by atoms with E-state index in [0.717, 1.165) is 87.2 Å². The molecular formula is C100H66N2O16S4. The number of benzene rings is 12.